The summed E-state index contributed by atoms with van der Waals surface area (Å²) in [6.07, 6.45) is 1.57. The van der Waals surface area contributed by atoms with Crippen molar-refractivity contribution < 1.29 is 14.4 Å². The maximum atomic E-state index is 12.7. The lowest BCUT2D eigenvalue weighted by molar-refractivity contribution is -0.127. The van der Waals surface area contributed by atoms with Crippen LogP contribution in [-0.4, -0.2) is 58.6 Å². The Bertz CT molecular complexity index is 1060. The third-order valence-electron chi connectivity index (χ3n) is 5.07. The topological polar surface area (TPSA) is 99.5 Å². The van der Waals surface area contributed by atoms with Crippen molar-refractivity contribution in [1.29, 1.82) is 0 Å². The number of para-hydroxylation sites is 2. The van der Waals surface area contributed by atoms with E-state index in [1.165, 1.54) is 4.90 Å². The number of Topliss-reactive ketones (excluding diaryl/α,β-unsaturated/α-hetero) is 1. The fraction of sp³-hybridized carbons (Fsp3) is 0.190. The van der Waals surface area contributed by atoms with E-state index in [2.05, 4.69) is 4.98 Å². The summed E-state index contributed by atoms with van der Waals surface area (Å²) in [5.74, 6) is -1.24. The SMILES string of the molecule is Nc1ccccc1C(=O)N1CCN(C(=O)C(=O)c2c[nH]c3ccccc23)CC1. The van der Waals surface area contributed by atoms with Gasteiger partial charge in [0.1, 0.15) is 0 Å². The number of ketones is 1. The van der Waals surface area contributed by atoms with Crippen LogP contribution in [0.3, 0.4) is 0 Å². The molecule has 0 bridgehead atoms. The molecule has 142 valence electrons. The van der Waals surface area contributed by atoms with Crippen molar-refractivity contribution in [2.75, 3.05) is 31.9 Å². The Morgan fingerprint density at radius 3 is 2.21 bits per heavy atom. The highest BCUT2D eigenvalue weighted by molar-refractivity contribution is 6.44. The molecular formula is C21H20N4O3. The van der Waals surface area contributed by atoms with E-state index in [1.807, 2.05) is 24.3 Å². The number of carbonyl (C=O) groups is 3. The Hall–Kier alpha value is -3.61. The average molecular weight is 376 g/mol. The smallest absolute Gasteiger partial charge is 0.295 e. The van der Waals surface area contributed by atoms with E-state index in [4.69, 9.17) is 5.73 Å². The Balaban J connectivity index is 1.43. The van der Waals surface area contributed by atoms with E-state index in [9.17, 15) is 14.4 Å². The minimum Gasteiger partial charge on any atom is -0.398 e. The molecule has 2 aromatic carbocycles. The quantitative estimate of drug-likeness (QED) is 0.414. The third-order valence-corrected chi connectivity index (χ3v) is 5.07. The van der Waals surface area contributed by atoms with Crippen LogP contribution in [-0.2, 0) is 4.79 Å². The summed E-state index contributed by atoms with van der Waals surface area (Å²) in [6, 6.07) is 14.3. The molecule has 0 atom stereocenters. The predicted molar refractivity (Wildman–Crippen MR) is 106 cm³/mol. The van der Waals surface area contributed by atoms with Crippen molar-refractivity contribution in [2.45, 2.75) is 0 Å². The number of fused-ring (bicyclic) bond motifs is 1. The lowest BCUT2D eigenvalue weighted by atomic mass is 10.1. The molecule has 4 rings (SSSR count). The van der Waals surface area contributed by atoms with E-state index in [-0.39, 0.29) is 5.91 Å². The van der Waals surface area contributed by atoms with Crippen molar-refractivity contribution in [3.63, 3.8) is 0 Å². The monoisotopic (exact) mass is 376 g/mol. The molecule has 28 heavy (non-hydrogen) atoms. The first-order chi connectivity index (χ1) is 13.6. The van der Waals surface area contributed by atoms with Crippen LogP contribution in [0, 0.1) is 0 Å². The van der Waals surface area contributed by atoms with Crippen LogP contribution in [0.4, 0.5) is 5.69 Å². The minimum atomic E-state index is -0.545. The second-order valence-corrected chi connectivity index (χ2v) is 6.75. The maximum Gasteiger partial charge on any atom is 0.295 e. The zero-order valence-corrected chi connectivity index (χ0v) is 15.2. The summed E-state index contributed by atoms with van der Waals surface area (Å²) in [7, 11) is 0. The van der Waals surface area contributed by atoms with Crippen molar-refractivity contribution in [1.82, 2.24) is 14.8 Å². The summed E-state index contributed by atoms with van der Waals surface area (Å²) in [5, 5.41) is 0.731. The molecule has 1 aliphatic heterocycles. The molecule has 2 heterocycles. The predicted octanol–water partition coefficient (Wildman–Crippen LogP) is 1.92. The molecule has 7 nitrogen and oxygen atoms in total. The van der Waals surface area contributed by atoms with Gasteiger partial charge in [-0.25, -0.2) is 0 Å². The Morgan fingerprint density at radius 2 is 1.46 bits per heavy atom. The van der Waals surface area contributed by atoms with E-state index in [0.29, 0.717) is 43.0 Å². The number of nitrogens with one attached hydrogen (secondary N) is 1. The lowest BCUT2D eigenvalue weighted by Crippen LogP contribution is -2.52. The van der Waals surface area contributed by atoms with Crippen molar-refractivity contribution in [3.8, 4) is 0 Å². The molecule has 3 N–H and O–H groups in total. The minimum absolute atomic E-state index is 0.159. The van der Waals surface area contributed by atoms with Gasteiger partial charge < -0.3 is 20.5 Å². The van der Waals surface area contributed by atoms with Gasteiger partial charge in [-0.15, -0.1) is 0 Å². The number of carbonyl (C=O) groups excluding carboxylic acids is 3. The first-order valence-electron chi connectivity index (χ1n) is 9.10. The maximum absolute atomic E-state index is 12.7. The number of nitrogens with two attached hydrogens (primary N) is 1. The summed E-state index contributed by atoms with van der Waals surface area (Å²) in [6.45, 7) is 1.34. The first-order valence-corrected chi connectivity index (χ1v) is 9.10. The van der Waals surface area contributed by atoms with E-state index < -0.39 is 11.7 Å². The molecule has 1 fully saturated rings. The molecule has 7 heteroatoms. The molecule has 1 saturated heterocycles. The van der Waals surface area contributed by atoms with Gasteiger partial charge in [0.25, 0.3) is 17.6 Å². The van der Waals surface area contributed by atoms with Gasteiger partial charge in [-0.2, -0.15) is 0 Å². The normalized spacial score (nSPS) is 14.3. The second-order valence-electron chi connectivity index (χ2n) is 6.75. The van der Waals surface area contributed by atoms with Gasteiger partial charge in [0.05, 0.1) is 11.1 Å². The number of piperazine rings is 1. The van der Waals surface area contributed by atoms with Gasteiger partial charge in [0.15, 0.2) is 0 Å². The molecular weight excluding hydrogens is 356 g/mol. The standard InChI is InChI=1S/C21H20N4O3/c22-17-7-3-1-6-15(17)20(27)24-9-11-25(12-10-24)21(28)19(26)16-13-23-18-8-4-2-5-14(16)18/h1-8,13,23H,9-12,22H2. The molecule has 0 radical (unpaired) electrons. The van der Waals surface area contributed by atoms with Crippen LogP contribution < -0.4 is 5.73 Å². The number of hydrogen-bond acceptors (Lipinski definition) is 4. The van der Waals surface area contributed by atoms with Crippen molar-refractivity contribution >= 4 is 34.2 Å². The molecule has 2 amide bonds. The molecule has 1 aromatic heterocycles. The van der Waals surface area contributed by atoms with Crippen LogP contribution in [0.5, 0.6) is 0 Å². The van der Waals surface area contributed by atoms with Crippen molar-refractivity contribution in [3.05, 3.63) is 65.9 Å². The third kappa shape index (κ3) is 3.11. The van der Waals surface area contributed by atoms with Crippen LogP contribution in [0.1, 0.15) is 20.7 Å². The van der Waals surface area contributed by atoms with Gasteiger partial charge in [0.2, 0.25) is 0 Å². The number of H-pyrrole nitrogens is 1. The van der Waals surface area contributed by atoms with E-state index >= 15 is 0 Å². The van der Waals surface area contributed by atoms with Gasteiger partial charge in [-0.1, -0.05) is 30.3 Å². The molecule has 0 unspecified atom stereocenters. The molecule has 0 spiro atoms. The highest BCUT2D eigenvalue weighted by atomic mass is 16.2. The van der Waals surface area contributed by atoms with Crippen LogP contribution in [0.25, 0.3) is 10.9 Å². The number of benzene rings is 2. The van der Waals surface area contributed by atoms with Gasteiger partial charge in [-0.3, -0.25) is 14.4 Å². The van der Waals surface area contributed by atoms with E-state index in [1.54, 1.807) is 35.4 Å². The number of rotatable bonds is 3. The number of anilines is 1. The average Bonchev–Trinajstić information content (AvgIpc) is 3.17. The summed E-state index contributed by atoms with van der Waals surface area (Å²) in [4.78, 5) is 44.2. The van der Waals surface area contributed by atoms with Gasteiger partial charge in [-0.05, 0) is 18.2 Å². The molecule has 0 saturated carbocycles. The lowest BCUT2D eigenvalue weighted by Gasteiger charge is -2.34. The fourth-order valence-corrected chi connectivity index (χ4v) is 3.49. The number of nitrogens with zero attached hydrogens (tertiary/aromatic N) is 2. The Kier molecular flexibility index (Phi) is 4.57. The van der Waals surface area contributed by atoms with Crippen LogP contribution in [0.15, 0.2) is 54.7 Å². The summed E-state index contributed by atoms with van der Waals surface area (Å²) < 4.78 is 0. The zero-order chi connectivity index (χ0) is 19.7. The highest BCUT2D eigenvalue weighted by Crippen LogP contribution is 2.20. The number of amides is 2. The summed E-state index contributed by atoms with van der Waals surface area (Å²) >= 11 is 0. The Labute approximate surface area is 161 Å². The number of nitrogen functional groups attached to an aromatic ring is 1. The van der Waals surface area contributed by atoms with Gasteiger partial charge in [0, 0.05) is 49.0 Å². The first kappa shape index (κ1) is 17.8. The number of hydrogen-bond donors (Lipinski definition) is 2. The van der Waals surface area contributed by atoms with Crippen LogP contribution in [0.2, 0.25) is 0 Å². The second kappa shape index (κ2) is 7.19. The molecule has 0 aliphatic carbocycles. The fourth-order valence-electron chi connectivity index (χ4n) is 3.49. The number of aromatic nitrogens is 1. The molecule has 1 aliphatic rings. The van der Waals surface area contributed by atoms with Crippen molar-refractivity contribution in [2.24, 2.45) is 0 Å². The zero-order valence-electron chi connectivity index (χ0n) is 15.2. The van der Waals surface area contributed by atoms with Crippen LogP contribution >= 0.6 is 0 Å². The highest BCUT2D eigenvalue weighted by Gasteiger charge is 2.30. The van der Waals surface area contributed by atoms with E-state index in [0.717, 1.165) is 10.9 Å². The van der Waals surface area contributed by atoms with Gasteiger partial charge >= 0.3 is 0 Å². The molecule has 3 aromatic rings. The largest absolute Gasteiger partial charge is 0.398 e. The number of aromatic amines is 1. The Morgan fingerprint density at radius 1 is 0.821 bits per heavy atom. The summed E-state index contributed by atoms with van der Waals surface area (Å²) in [5.41, 5.74) is 7.96.